The average molecular weight is 270 g/mol. The molecule has 0 aromatic carbocycles. The Labute approximate surface area is 115 Å². The van der Waals surface area contributed by atoms with Gasteiger partial charge in [-0.05, 0) is 25.7 Å². The summed E-state index contributed by atoms with van der Waals surface area (Å²) in [4.78, 5) is 25.6. The highest BCUT2D eigenvalue weighted by Crippen LogP contribution is 2.21. The van der Waals surface area contributed by atoms with E-state index in [0.29, 0.717) is 6.54 Å². The Morgan fingerprint density at radius 3 is 2.47 bits per heavy atom. The highest BCUT2D eigenvalue weighted by atomic mass is 16.3. The van der Waals surface area contributed by atoms with Crippen molar-refractivity contribution in [3.8, 4) is 0 Å². The molecule has 110 valence electrons. The van der Waals surface area contributed by atoms with Crippen LogP contribution in [0.1, 0.15) is 40.5 Å². The van der Waals surface area contributed by atoms with Crippen molar-refractivity contribution in [1.29, 1.82) is 0 Å². The molecule has 0 spiro atoms. The Kier molecular flexibility index (Phi) is 5.35. The summed E-state index contributed by atoms with van der Waals surface area (Å²) >= 11 is 0. The minimum Gasteiger partial charge on any atom is -0.396 e. The second-order valence-corrected chi connectivity index (χ2v) is 6.45. The van der Waals surface area contributed by atoms with Gasteiger partial charge in [-0.15, -0.1) is 0 Å². The van der Waals surface area contributed by atoms with Crippen LogP contribution in [0.15, 0.2) is 0 Å². The van der Waals surface area contributed by atoms with E-state index in [1.54, 1.807) is 4.90 Å². The lowest BCUT2D eigenvalue weighted by molar-refractivity contribution is -0.138. The summed E-state index contributed by atoms with van der Waals surface area (Å²) < 4.78 is 0. The van der Waals surface area contributed by atoms with Crippen LogP contribution in [0.4, 0.5) is 0 Å². The predicted octanol–water partition coefficient (Wildman–Crippen LogP) is 0.768. The number of carbonyl (C=O) groups excluding carboxylic acids is 2. The van der Waals surface area contributed by atoms with Gasteiger partial charge in [0.1, 0.15) is 0 Å². The SMILES string of the molecule is CC1CCC(CO)CN1C(=O)CNC(=O)C(C)(C)C. The van der Waals surface area contributed by atoms with E-state index in [-0.39, 0.29) is 36.9 Å². The fraction of sp³-hybridized carbons (Fsp3) is 0.857. The Balaban J connectivity index is 2.50. The lowest BCUT2D eigenvalue weighted by Crippen LogP contribution is -2.50. The van der Waals surface area contributed by atoms with E-state index in [4.69, 9.17) is 0 Å². The van der Waals surface area contributed by atoms with Gasteiger partial charge in [0.25, 0.3) is 0 Å². The monoisotopic (exact) mass is 270 g/mol. The number of aliphatic hydroxyl groups excluding tert-OH is 1. The molecule has 0 aliphatic carbocycles. The highest BCUT2D eigenvalue weighted by Gasteiger charge is 2.29. The number of rotatable bonds is 3. The molecule has 5 heteroatoms. The topological polar surface area (TPSA) is 69.6 Å². The minimum atomic E-state index is -0.485. The van der Waals surface area contributed by atoms with Gasteiger partial charge in [0.15, 0.2) is 0 Å². The lowest BCUT2D eigenvalue weighted by Gasteiger charge is -2.37. The zero-order valence-corrected chi connectivity index (χ0v) is 12.4. The second kappa shape index (κ2) is 6.37. The van der Waals surface area contributed by atoms with Crippen LogP contribution in [-0.4, -0.2) is 47.6 Å². The normalized spacial score (nSPS) is 24.2. The van der Waals surface area contributed by atoms with Crippen LogP contribution in [0.3, 0.4) is 0 Å². The third-order valence-electron chi connectivity index (χ3n) is 3.64. The maximum Gasteiger partial charge on any atom is 0.242 e. The van der Waals surface area contributed by atoms with Crippen LogP contribution in [0.2, 0.25) is 0 Å². The third kappa shape index (κ3) is 4.49. The minimum absolute atomic E-state index is 0.0403. The maximum atomic E-state index is 12.1. The fourth-order valence-electron chi connectivity index (χ4n) is 2.20. The van der Waals surface area contributed by atoms with Gasteiger partial charge in [0.2, 0.25) is 11.8 Å². The molecular weight excluding hydrogens is 244 g/mol. The van der Waals surface area contributed by atoms with E-state index in [9.17, 15) is 14.7 Å². The van der Waals surface area contributed by atoms with E-state index in [0.717, 1.165) is 12.8 Å². The summed E-state index contributed by atoms with van der Waals surface area (Å²) in [6.07, 6.45) is 1.86. The third-order valence-corrected chi connectivity index (χ3v) is 3.64. The lowest BCUT2D eigenvalue weighted by atomic mass is 9.94. The van der Waals surface area contributed by atoms with Gasteiger partial charge in [-0.25, -0.2) is 0 Å². The molecule has 1 aliphatic heterocycles. The summed E-state index contributed by atoms with van der Waals surface area (Å²) in [5, 5.41) is 11.9. The summed E-state index contributed by atoms with van der Waals surface area (Å²) in [5.74, 6) is -0.0223. The summed E-state index contributed by atoms with van der Waals surface area (Å²) in [7, 11) is 0. The predicted molar refractivity (Wildman–Crippen MR) is 73.4 cm³/mol. The molecule has 0 aromatic heterocycles. The Bertz CT molecular complexity index is 336. The second-order valence-electron chi connectivity index (χ2n) is 6.45. The smallest absolute Gasteiger partial charge is 0.242 e. The van der Waals surface area contributed by atoms with Gasteiger partial charge in [0, 0.05) is 24.6 Å². The first-order valence-electron chi connectivity index (χ1n) is 6.94. The zero-order valence-electron chi connectivity index (χ0n) is 12.4. The molecule has 2 N–H and O–H groups in total. The van der Waals surface area contributed by atoms with Crippen molar-refractivity contribution < 1.29 is 14.7 Å². The Hall–Kier alpha value is -1.10. The first-order chi connectivity index (χ1) is 8.75. The zero-order chi connectivity index (χ0) is 14.6. The molecular formula is C14H26N2O3. The average Bonchev–Trinajstić information content (AvgIpc) is 2.34. The molecule has 2 unspecified atom stereocenters. The van der Waals surface area contributed by atoms with Crippen LogP contribution < -0.4 is 5.32 Å². The van der Waals surface area contributed by atoms with Crippen LogP contribution in [-0.2, 0) is 9.59 Å². The van der Waals surface area contributed by atoms with E-state index in [2.05, 4.69) is 5.32 Å². The summed E-state index contributed by atoms with van der Waals surface area (Å²) in [5.41, 5.74) is -0.485. The molecule has 0 bridgehead atoms. The highest BCUT2D eigenvalue weighted by molar-refractivity contribution is 5.87. The fourth-order valence-corrected chi connectivity index (χ4v) is 2.20. The van der Waals surface area contributed by atoms with E-state index in [1.165, 1.54) is 0 Å². The first-order valence-corrected chi connectivity index (χ1v) is 6.94. The molecule has 2 atom stereocenters. The number of piperidine rings is 1. The molecule has 5 nitrogen and oxygen atoms in total. The van der Waals surface area contributed by atoms with Gasteiger partial charge < -0.3 is 15.3 Å². The van der Waals surface area contributed by atoms with Crippen molar-refractivity contribution >= 4 is 11.8 Å². The van der Waals surface area contributed by atoms with Gasteiger partial charge in [-0.3, -0.25) is 9.59 Å². The van der Waals surface area contributed by atoms with Crippen molar-refractivity contribution in [2.45, 2.75) is 46.6 Å². The van der Waals surface area contributed by atoms with Crippen LogP contribution in [0.25, 0.3) is 0 Å². The number of hydrogen-bond donors (Lipinski definition) is 2. The van der Waals surface area contributed by atoms with E-state index >= 15 is 0 Å². The molecule has 1 heterocycles. The first kappa shape index (κ1) is 16.0. The van der Waals surface area contributed by atoms with Crippen molar-refractivity contribution in [3.63, 3.8) is 0 Å². The van der Waals surface area contributed by atoms with Gasteiger partial charge in [-0.2, -0.15) is 0 Å². The number of nitrogens with one attached hydrogen (secondary N) is 1. The molecule has 2 amide bonds. The molecule has 1 aliphatic rings. The summed E-state index contributed by atoms with van der Waals surface area (Å²) in [6.45, 7) is 8.21. The van der Waals surface area contributed by atoms with Gasteiger partial charge >= 0.3 is 0 Å². The number of nitrogens with zero attached hydrogens (tertiary/aromatic N) is 1. The van der Waals surface area contributed by atoms with Crippen LogP contribution in [0, 0.1) is 11.3 Å². The largest absolute Gasteiger partial charge is 0.396 e. The molecule has 1 saturated heterocycles. The molecule has 0 saturated carbocycles. The number of hydrogen-bond acceptors (Lipinski definition) is 3. The number of carbonyl (C=O) groups is 2. The number of aliphatic hydroxyl groups is 1. The van der Waals surface area contributed by atoms with Gasteiger partial charge in [-0.1, -0.05) is 20.8 Å². The summed E-state index contributed by atoms with van der Waals surface area (Å²) in [6, 6.07) is 0.182. The standard InChI is InChI=1S/C14H26N2O3/c1-10-5-6-11(9-17)8-16(10)12(18)7-15-13(19)14(2,3)4/h10-11,17H,5-9H2,1-4H3,(H,15,19). The molecule has 19 heavy (non-hydrogen) atoms. The van der Waals surface area contributed by atoms with Crippen LogP contribution in [0.5, 0.6) is 0 Å². The van der Waals surface area contributed by atoms with Crippen LogP contribution >= 0.6 is 0 Å². The number of likely N-dealkylation sites (tertiary alicyclic amines) is 1. The molecule has 1 rings (SSSR count). The van der Waals surface area contributed by atoms with Crippen molar-refractivity contribution in [2.75, 3.05) is 19.7 Å². The number of amides is 2. The quantitative estimate of drug-likeness (QED) is 0.796. The molecule has 0 aromatic rings. The van der Waals surface area contributed by atoms with E-state index in [1.807, 2.05) is 27.7 Å². The van der Waals surface area contributed by atoms with E-state index < -0.39 is 5.41 Å². The van der Waals surface area contributed by atoms with Crippen molar-refractivity contribution in [1.82, 2.24) is 10.2 Å². The maximum absolute atomic E-state index is 12.1. The Morgan fingerprint density at radius 2 is 1.95 bits per heavy atom. The molecule has 0 radical (unpaired) electrons. The molecule has 1 fully saturated rings. The Morgan fingerprint density at radius 1 is 1.32 bits per heavy atom. The van der Waals surface area contributed by atoms with Crippen molar-refractivity contribution in [3.05, 3.63) is 0 Å². The van der Waals surface area contributed by atoms with Gasteiger partial charge in [0.05, 0.1) is 6.54 Å². The van der Waals surface area contributed by atoms with Crippen molar-refractivity contribution in [2.24, 2.45) is 11.3 Å².